The summed E-state index contributed by atoms with van der Waals surface area (Å²) in [6.45, 7) is 8.64. The Hall–Kier alpha value is -0.120. The van der Waals surface area contributed by atoms with Gasteiger partial charge >= 0.3 is 0 Å². The van der Waals surface area contributed by atoms with Crippen LogP contribution in [-0.4, -0.2) is 54.1 Å². The molecule has 0 aromatic carbocycles. The van der Waals surface area contributed by atoms with Gasteiger partial charge in [0.2, 0.25) is 0 Å². The maximum atomic E-state index is 6.69. The molecule has 1 saturated carbocycles. The Bertz CT molecular complexity index is 306. The molecule has 3 aliphatic rings. The molecule has 19 heavy (non-hydrogen) atoms. The predicted octanol–water partition coefficient (Wildman–Crippen LogP) is 2.06. The van der Waals surface area contributed by atoms with E-state index in [1.165, 1.54) is 71.1 Å². The number of piperazine rings is 1. The highest BCUT2D eigenvalue weighted by Crippen LogP contribution is 2.32. The highest BCUT2D eigenvalue weighted by atomic mass is 15.3. The number of nitrogens with two attached hydrogens (primary N) is 1. The minimum absolute atomic E-state index is 0.106. The standard InChI is InChI=1S/C16H31N3/c1-14-5-4-7-16(17,11-14)13-18-9-10-19-8-3-2-6-15(19)12-18/h14-15H,2-13,17H2,1H3. The Morgan fingerprint density at radius 3 is 2.84 bits per heavy atom. The fraction of sp³-hybridized carbons (Fsp3) is 1.00. The fourth-order valence-electron chi connectivity index (χ4n) is 4.65. The highest BCUT2D eigenvalue weighted by Gasteiger charge is 2.36. The van der Waals surface area contributed by atoms with Crippen molar-refractivity contribution in [1.82, 2.24) is 9.80 Å². The maximum absolute atomic E-state index is 6.69. The van der Waals surface area contributed by atoms with Crippen molar-refractivity contribution in [1.29, 1.82) is 0 Å². The molecule has 2 N–H and O–H groups in total. The van der Waals surface area contributed by atoms with Crippen LogP contribution in [0.5, 0.6) is 0 Å². The van der Waals surface area contributed by atoms with Crippen molar-refractivity contribution in [3.05, 3.63) is 0 Å². The number of fused-ring (bicyclic) bond motifs is 1. The molecule has 3 nitrogen and oxygen atoms in total. The first kappa shape index (κ1) is 13.8. The Morgan fingerprint density at radius 1 is 1.11 bits per heavy atom. The van der Waals surface area contributed by atoms with Crippen molar-refractivity contribution in [2.45, 2.75) is 63.5 Å². The van der Waals surface area contributed by atoms with E-state index in [0.717, 1.165) is 18.5 Å². The van der Waals surface area contributed by atoms with Gasteiger partial charge in [0, 0.05) is 37.8 Å². The van der Waals surface area contributed by atoms with E-state index >= 15 is 0 Å². The lowest BCUT2D eigenvalue weighted by Gasteiger charge is -2.47. The molecule has 2 saturated heterocycles. The second-order valence-corrected chi connectivity index (χ2v) is 7.48. The Morgan fingerprint density at radius 2 is 2.00 bits per heavy atom. The molecule has 0 spiro atoms. The predicted molar refractivity (Wildman–Crippen MR) is 80.2 cm³/mol. The van der Waals surface area contributed by atoms with Crippen molar-refractivity contribution < 1.29 is 0 Å². The van der Waals surface area contributed by atoms with E-state index in [1.807, 2.05) is 0 Å². The Balaban J connectivity index is 1.55. The summed E-state index contributed by atoms with van der Waals surface area (Å²) < 4.78 is 0. The van der Waals surface area contributed by atoms with Gasteiger partial charge in [0.05, 0.1) is 0 Å². The summed E-state index contributed by atoms with van der Waals surface area (Å²) in [6, 6.07) is 0.826. The van der Waals surface area contributed by atoms with E-state index in [2.05, 4.69) is 16.7 Å². The van der Waals surface area contributed by atoms with E-state index in [4.69, 9.17) is 5.73 Å². The average molecular weight is 265 g/mol. The first-order chi connectivity index (χ1) is 9.15. The smallest absolute Gasteiger partial charge is 0.0285 e. The first-order valence-corrected chi connectivity index (χ1v) is 8.40. The second-order valence-electron chi connectivity index (χ2n) is 7.48. The summed E-state index contributed by atoms with van der Waals surface area (Å²) >= 11 is 0. The van der Waals surface area contributed by atoms with E-state index in [0.29, 0.717) is 0 Å². The number of rotatable bonds is 2. The Kier molecular flexibility index (Phi) is 4.16. The first-order valence-electron chi connectivity index (χ1n) is 8.40. The number of hydrogen-bond acceptors (Lipinski definition) is 3. The number of hydrogen-bond donors (Lipinski definition) is 1. The van der Waals surface area contributed by atoms with Crippen LogP contribution in [0.1, 0.15) is 51.9 Å². The lowest BCUT2D eigenvalue weighted by molar-refractivity contribution is 0.0312. The largest absolute Gasteiger partial charge is 0.324 e. The number of nitrogens with zero attached hydrogens (tertiary/aromatic N) is 2. The Labute approximate surface area is 118 Å². The van der Waals surface area contributed by atoms with Gasteiger partial charge in [-0.3, -0.25) is 9.80 Å². The van der Waals surface area contributed by atoms with E-state index in [9.17, 15) is 0 Å². The van der Waals surface area contributed by atoms with Crippen molar-refractivity contribution in [3.8, 4) is 0 Å². The van der Waals surface area contributed by atoms with Gasteiger partial charge in [0.1, 0.15) is 0 Å². The molecule has 0 bridgehead atoms. The third-order valence-electron chi connectivity index (χ3n) is 5.59. The van der Waals surface area contributed by atoms with Gasteiger partial charge in [-0.25, -0.2) is 0 Å². The minimum Gasteiger partial charge on any atom is -0.324 e. The van der Waals surface area contributed by atoms with Gasteiger partial charge in [-0.05, 0) is 38.1 Å². The van der Waals surface area contributed by atoms with Crippen molar-refractivity contribution in [2.75, 3.05) is 32.7 Å². The van der Waals surface area contributed by atoms with Crippen LogP contribution in [0, 0.1) is 5.92 Å². The number of piperidine rings is 1. The van der Waals surface area contributed by atoms with Gasteiger partial charge in [-0.1, -0.05) is 26.2 Å². The lowest BCUT2D eigenvalue weighted by atomic mass is 9.76. The van der Waals surface area contributed by atoms with Gasteiger partial charge in [-0.2, -0.15) is 0 Å². The topological polar surface area (TPSA) is 32.5 Å². The average Bonchev–Trinajstić information content (AvgIpc) is 2.38. The molecular weight excluding hydrogens is 234 g/mol. The molecule has 110 valence electrons. The zero-order valence-corrected chi connectivity index (χ0v) is 12.6. The minimum atomic E-state index is 0.106. The van der Waals surface area contributed by atoms with Gasteiger partial charge in [0.15, 0.2) is 0 Å². The molecule has 3 fully saturated rings. The molecule has 2 heterocycles. The van der Waals surface area contributed by atoms with Crippen LogP contribution in [0.25, 0.3) is 0 Å². The van der Waals surface area contributed by atoms with Gasteiger partial charge in [0.25, 0.3) is 0 Å². The fourth-order valence-corrected chi connectivity index (χ4v) is 4.65. The molecule has 3 heteroatoms. The second kappa shape index (κ2) is 5.71. The normalized spacial score (nSPS) is 42.0. The quantitative estimate of drug-likeness (QED) is 0.829. The van der Waals surface area contributed by atoms with Crippen LogP contribution < -0.4 is 5.73 Å². The van der Waals surface area contributed by atoms with E-state index in [1.54, 1.807) is 0 Å². The highest BCUT2D eigenvalue weighted by molar-refractivity contribution is 4.95. The monoisotopic (exact) mass is 265 g/mol. The molecule has 3 rings (SSSR count). The summed E-state index contributed by atoms with van der Waals surface area (Å²) in [6.07, 6.45) is 9.44. The van der Waals surface area contributed by atoms with Crippen molar-refractivity contribution in [3.63, 3.8) is 0 Å². The lowest BCUT2D eigenvalue weighted by Crippen LogP contribution is -2.60. The third-order valence-corrected chi connectivity index (χ3v) is 5.59. The van der Waals surface area contributed by atoms with Crippen molar-refractivity contribution >= 4 is 0 Å². The zero-order chi connectivity index (χ0) is 13.3. The van der Waals surface area contributed by atoms with Gasteiger partial charge < -0.3 is 5.73 Å². The van der Waals surface area contributed by atoms with Crippen LogP contribution >= 0.6 is 0 Å². The van der Waals surface area contributed by atoms with Crippen LogP contribution in [0.2, 0.25) is 0 Å². The van der Waals surface area contributed by atoms with E-state index in [-0.39, 0.29) is 5.54 Å². The summed E-state index contributed by atoms with van der Waals surface area (Å²) in [5.74, 6) is 0.828. The van der Waals surface area contributed by atoms with Gasteiger partial charge in [-0.15, -0.1) is 0 Å². The summed E-state index contributed by atoms with van der Waals surface area (Å²) in [7, 11) is 0. The van der Waals surface area contributed by atoms with E-state index < -0.39 is 0 Å². The summed E-state index contributed by atoms with van der Waals surface area (Å²) in [5, 5.41) is 0. The third kappa shape index (κ3) is 3.32. The molecule has 1 aliphatic carbocycles. The van der Waals surface area contributed by atoms with Crippen LogP contribution in [0.4, 0.5) is 0 Å². The van der Waals surface area contributed by atoms with Crippen LogP contribution in [0.3, 0.4) is 0 Å². The summed E-state index contributed by atoms with van der Waals surface area (Å²) in [5.41, 5.74) is 6.80. The maximum Gasteiger partial charge on any atom is 0.0285 e. The van der Waals surface area contributed by atoms with Crippen LogP contribution in [0.15, 0.2) is 0 Å². The zero-order valence-electron chi connectivity index (χ0n) is 12.6. The molecule has 0 aromatic rings. The molecule has 3 unspecified atom stereocenters. The molecule has 0 amide bonds. The SMILES string of the molecule is CC1CCCC(N)(CN2CCN3CCCCC3C2)C1. The molecule has 3 atom stereocenters. The molecular formula is C16H31N3. The van der Waals surface area contributed by atoms with Crippen molar-refractivity contribution in [2.24, 2.45) is 11.7 Å². The molecule has 2 aliphatic heterocycles. The summed E-state index contributed by atoms with van der Waals surface area (Å²) in [4.78, 5) is 5.39. The molecule has 0 aromatic heterocycles. The molecule has 0 radical (unpaired) electrons. The van der Waals surface area contributed by atoms with Crippen LogP contribution in [-0.2, 0) is 0 Å².